The number of hydrogen-bond acceptors (Lipinski definition) is 0. The second-order valence-corrected chi connectivity index (χ2v) is 18.5. The van der Waals surface area contributed by atoms with Gasteiger partial charge in [-0.2, -0.15) is 0 Å². The van der Waals surface area contributed by atoms with E-state index < -0.39 is 6.00 Å². The van der Waals surface area contributed by atoms with Crippen molar-refractivity contribution in [3.8, 4) is 11.1 Å². The number of benzene rings is 3. The predicted octanol–water partition coefficient (Wildman–Crippen LogP) is 9.47. The van der Waals surface area contributed by atoms with Crippen LogP contribution in [0.1, 0.15) is 53.5 Å². The third kappa shape index (κ3) is 4.88. The lowest BCUT2D eigenvalue weighted by molar-refractivity contribution is 0.783. The van der Waals surface area contributed by atoms with Gasteiger partial charge in [-0.25, -0.2) is 0 Å². The molecule has 4 heteroatoms. The van der Waals surface area contributed by atoms with E-state index in [0.717, 1.165) is 31.7 Å². The minimum Gasteiger partial charge on any atom is -0.126 e. The highest BCUT2D eigenvalue weighted by molar-refractivity contribution is 7.64. The average Bonchev–Trinajstić information content (AvgIpc) is 3.36. The summed E-state index contributed by atoms with van der Waals surface area (Å²) in [5, 5.41) is 0. The van der Waals surface area contributed by atoms with E-state index in [9.17, 15) is 0 Å². The lowest BCUT2D eigenvalue weighted by atomic mass is 9.86. The van der Waals surface area contributed by atoms with Gasteiger partial charge in [-0.1, -0.05) is 96.4 Å². The Bertz CT molecular complexity index is 1240. The van der Waals surface area contributed by atoms with Gasteiger partial charge < -0.3 is 0 Å². The molecule has 1 atom stereocenters. The van der Waals surface area contributed by atoms with E-state index in [-0.39, 0.29) is 0 Å². The molecule has 33 heavy (non-hydrogen) atoms. The molecule has 0 radical (unpaired) electrons. The first-order valence-electron chi connectivity index (χ1n) is 11.7. The number of rotatable bonds is 7. The molecule has 0 N–H and O–H groups in total. The highest BCUT2D eigenvalue weighted by Gasteiger charge is 2.31. The Balaban J connectivity index is 1.38. The molecule has 0 fully saturated rings. The van der Waals surface area contributed by atoms with Crippen molar-refractivity contribution < 1.29 is 0 Å². The molecule has 0 bridgehead atoms. The summed E-state index contributed by atoms with van der Waals surface area (Å²) in [6.07, 6.45) is 8.95. The van der Waals surface area contributed by atoms with Crippen molar-refractivity contribution in [2.75, 3.05) is 0 Å². The number of halogens is 3. The van der Waals surface area contributed by atoms with Crippen molar-refractivity contribution >= 4 is 51.4 Å². The van der Waals surface area contributed by atoms with E-state index in [1.165, 1.54) is 50.1 Å². The van der Waals surface area contributed by atoms with Gasteiger partial charge in [0.25, 0.3) is 0 Å². The van der Waals surface area contributed by atoms with E-state index in [2.05, 4.69) is 85.8 Å². The average molecular weight is 510 g/mol. The molecule has 5 rings (SSSR count). The van der Waals surface area contributed by atoms with E-state index >= 15 is 0 Å². The third-order valence-electron chi connectivity index (χ3n) is 6.92. The topological polar surface area (TPSA) is 0 Å². The number of fused-ring (bicyclic) bond motifs is 2. The van der Waals surface area contributed by atoms with Crippen LogP contribution in [0.2, 0.25) is 6.04 Å². The zero-order valence-electron chi connectivity index (χ0n) is 18.8. The largest absolute Gasteiger partial charge is 0.341 e. The highest BCUT2D eigenvalue weighted by Crippen LogP contribution is 2.48. The Hall–Kier alpha value is -1.77. The Morgan fingerprint density at radius 2 is 1.64 bits per heavy atom. The van der Waals surface area contributed by atoms with Crippen LogP contribution in [0.4, 0.5) is 0 Å². The summed E-state index contributed by atoms with van der Waals surface area (Å²) in [5.41, 5.74) is 12.7. The molecule has 0 heterocycles. The van der Waals surface area contributed by atoms with Gasteiger partial charge in [0.2, 0.25) is 0 Å². The van der Waals surface area contributed by atoms with Crippen LogP contribution in [-0.2, 0) is 12.8 Å². The molecule has 1 unspecified atom stereocenters. The van der Waals surface area contributed by atoms with Crippen molar-refractivity contribution in [1.29, 1.82) is 0 Å². The Morgan fingerprint density at radius 3 is 2.42 bits per heavy atom. The third-order valence-corrected chi connectivity index (χ3v) is 9.54. The Morgan fingerprint density at radius 1 is 0.848 bits per heavy atom. The molecule has 3 aromatic carbocycles. The van der Waals surface area contributed by atoms with Crippen LogP contribution < -0.4 is 0 Å². The van der Waals surface area contributed by atoms with Gasteiger partial charge in [-0.15, -0.1) is 33.2 Å². The van der Waals surface area contributed by atoms with Crippen LogP contribution in [-0.4, -0.2) is 6.00 Å². The maximum absolute atomic E-state index is 6.06. The molecular weight excluding hydrogens is 483 g/mol. The molecule has 0 amide bonds. The smallest absolute Gasteiger partial charge is 0.126 e. The molecule has 0 saturated carbocycles. The minimum absolute atomic E-state index is 0.360. The molecule has 3 aromatic rings. The first kappa shape index (κ1) is 23.0. The van der Waals surface area contributed by atoms with Crippen LogP contribution >= 0.6 is 33.2 Å². The summed E-state index contributed by atoms with van der Waals surface area (Å²) >= 11 is 18.2. The van der Waals surface area contributed by atoms with Crippen molar-refractivity contribution in [3.05, 3.63) is 106 Å². The number of hydrogen-bond donors (Lipinski definition) is 0. The number of allylic oxidation sites excluding steroid dienone is 2. The van der Waals surface area contributed by atoms with E-state index in [0.29, 0.717) is 5.92 Å². The predicted molar refractivity (Wildman–Crippen MR) is 147 cm³/mol. The quantitative estimate of drug-likeness (QED) is 0.169. The second kappa shape index (κ2) is 9.47. The van der Waals surface area contributed by atoms with Crippen LogP contribution in [0.25, 0.3) is 23.3 Å². The van der Waals surface area contributed by atoms with Gasteiger partial charge in [-0.3, -0.25) is 0 Å². The highest BCUT2D eigenvalue weighted by atomic mass is 35.8. The van der Waals surface area contributed by atoms with Crippen molar-refractivity contribution in [2.45, 2.75) is 44.6 Å². The zero-order valence-corrected chi connectivity index (χ0v) is 22.0. The van der Waals surface area contributed by atoms with Crippen molar-refractivity contribution in [1.82, 2.24) is 0 Å². The maximum atomic E-state index is 6.06. The van der Waals surface area contributed by atoms with Crippen LogP contribution in [0.5, 0.6) is 0 Å². The van der Waals surface area contributed by atoms with Gasteiger partial charge in [0, 0.05) is 5.92 Å². The summed E-state index contributed by atoms with van der Waals surface area (Å²) in [6, 6.07) is 22.4. The molecule has 0 spiro atoms. The van der Waals surface area contributed by atoms with Crippen LogP contribution in [0.3, 0.4) is 0 Å². The first-order chi connectivity index (χ1) is 15.9. The normalized spacial score (nSPS) is 16.9. The fourth-order valence-electron chi connectivity index (χ4n) is 5.43. The molecule has 0 aliphatic heterocycles. The molecule has 168 valence electrons. The summed E-state index contributed by atoms with van der Waals surface area (Å²) in [5.74, 6) is 0.360. The minimum atomic E-state index is -2.52. The molecule has 0 nitrogen and oxygen atoms in total. The molecular formula is C29H27Cl3Si. The van der Waals surface area contributed by atoms with Crippen LogP contribution in [0, 0.1) is 0 Å². The summed E-state index contributed by atoms with van der Waals surface area (Å²) in [7, 11) is 0. The summed E-state index contributed by atoms with van der Waals surface area (Å²) in [4.78, 5) is 0. The summed E-state index contributed by atoms with van der Waals surface area (Å²) < 4.78 is 0. The van der Waals surface area contributed by atoms with Crippen molar-refractivity contribution in [3.63, 3.8) is 0 Å². The van der Waals surface area contributed by atoms with Gasteiger partial charge >= 0.3 is 6.00 Å². The Labute approximate surface area is 212 Å². The number of aryl methyl sites for hydroxylation is 1. The SMILES string of the molecule is CC1=Cc2c(-c3ccccc3)cccc2C1C1=Cc2cccc(CCCC[Si](Cl)(Cl)Cl)c2C1. The van der Waals surface area contributed by atoms with E-state index in [4.69, 9.17) is 33.2 Å². The monoisotopic (exact) mass is 508 g/mol. The fraction of sp³-hybridized carbons (Fsp3) is 0.241. The second-order valence-electron chi connectivity index (χ2n) is 9.20. The van der Waals surface area contributed by atoms with Crippen LogP contribution in [0.15, 0.2) is 77.9 Å². The van der Waals surface area contributed by atoms with Gasteiger partial charge in [0.05, 0.1) is 0 Å². The van der Waals surface area contributed by atoms with Gasteiger partial charge in [0.15, 0.2) is 0 Å². The fourth-order valence-corrected chi connectivity index (χ4v) is 7.29. The van der Waals surface area contributed by atoms with Gasteiger partial charge in [0.1, 0.15) is 0 Å². The number of unbranched alkanes of at least 4 members (excludes halogenated alkanes) is 1. The molecule has 0 aromatic heterocycles. The van der Waals surface area contributed by atoms with Crippen molar-refractivity contribution in [2.24, 2.45) is 0 Å². The molecule has 2 aliphatic rings. The molecule has 2 aliphatic carbocycles. The van der Waals surface area contributed by atoms with E-state index in [1.807, 2.05) is 0 Å². The molecule has 0 saturated heterocycles. The first-order valence-corrected chi connectivity index (χ1v) is 16.9. The zero-order chi connectivity index (χ0) is 23.0. The lowest BCUT2D eigenvalue weighted by Crippen LogP contribution is -2.08. The summed E-state index contributed by atoms with van der Waals surface area (Å²) in [6.45, 7) is 2.28. The maximum Gasteiger partial charge on any atom is 0.341 e. The standard InChI is InChI=1S/C29H27Cl3Si/c1-20-17-28-25(21-9-3-2-4-10-21)14-8-15-26(28)29(20)24-18-23-13-7-12-22(27(23)19-24)11-5-6-16-33(30,31)32/h2-4,7-10,12-15,17-18,29H,5-6,11,16,19H2,1H3. The van der Waals surface area contributed by atoms with E-state index in [1.54, 1.807) is 0 Å². The lowest BCUT2D eigenvalue weighted by Gasteiger charge is -2.18. The Kier molecular flexibility index (Phi) is 6.60. The van der Waals surface area contributed by atoms with Gasteiger partial charge in [-0.05, 0) is 71.2 Å².